The van der Waals surface area contributed by atoms with Crippen LogP contribution in [-0.4, -0.2) is 32.2 Å². The van der Waals surface area contributed by atoms with Crippen molar-refractivity contribution in [1.29, 1.82) is 0 Å². The molecular formula is C18H16BrF2NO5. The van der Waals surface area contributed by atoms with Gasteiger partial charge in [-0.2, -0.15) is 0 Å². The maximum atomic E-state index is 13.5. The van der Waals surface area contributed by atoms with E-state index in [2.05, 4.69) is 21.2 Å². The van der Waals surface area contributed by atoms with Crippen molar-refractivity contribution >= 4 is 33.5 Å². The summed E-state index contributed by atoms with van der Waals surface area (Å²) in [7, 11) is 1.42. The highest BCUT2D eigenvalue weighted by Gasteiger charge is 2.18. The highest BCUT2D eigenvalue weighted by molar-refractivity contribution is 9.10. The van der Waals surface area contributed by atoms with Gasteiger partial charge in [-0.15, -0.1) is 0 Å². The quantitative estimate of drug-likeness (QED) is 0.656. The zero-order chi connectivity index (χ0) is 20.0. The predicted molar refractivity (Wildman–Crippen MR) is 97.1 cm³/mol. The molecule has 2 aromatic carbocycles. The average Bonchev–Trinajstić information content (AvgIpc) is 2.64. The monoisotopic (exact) mass is 443 g/mol. The summed E-state index contributed by atoms with van der Waals surface area (Å²) in [5.41, 5.74) is -0.228. The number of carbonyl (C=O) groups excluding carboxylic acids is 2. The number of esters is 1. The minimum Gasteiger partial charge on any atom is -0.493 e. The van der Waals surface area contributed by atoms with Crippen molar-refractivity contribution in [2.45, 2.75) is 6.92 Å². The van der Waals surface area contributed by atoms with Crippen LogP contribution in [-0.2, 0) is 9.53 Å². The van der Waals surface area contributed by atoms with Crippen LogP contribution in [0.2, 0.25) is 0 Å². The van der Waals surface area contributed by atoms with Gasteiger partial charge in [0.2, 0.25) is 0 Å². The smallest absolute Gasteiger partial charge is 0.338 e. The molecule has 144 valence electrons. The molecule has 0 spiro atoms. The molecule has 0 fully saturated rings. The van der Waals surface area contributed by atoms with Crippen LogP contribution in [0.5, 0.6) is 11.5 Å². The van der Waals surface area contributed by atoms with E-state index in [-0.39, 0.29) is 11.3 Å². The molecule has 0 aromatic heterocycles. The Hall–Kier alpha value is -2.68. The normalized spacial score (nSPS) is 10.3. The topological polar surface area (TPSA) is 73.9 Å². The number of amides is 1. The van der Waals surface area contributed by atoms with Gasteiger partial charge in [0.15, 0.2) is 18.1 Å². The minimum absolute atomic E-state index is 0.118. The van der Waals surface area contributed by atoms with Gasteiger partial charge in [0.25, 0.3) is 5.91 Å². The van der Waals surface area contributed by atoms with Crippen molar-refractivity contribution in [3.63, 3.8) is 0 Å². The molecule has 0 aliphatic carbocycles. The Morgan fingerprint density at radius 3 is 2.59 bits per heavy atom. The van der Waals surface area contributed by atoms with Crippen LogP contribution in [0.4, 0.5) is 14.5 Å². The number of carbonyl (C=O) groups is 2. The lowest BCUT2D eigenvalue weighted by atomic mass is 10.2. The van der Waals surface area contributed by atoms with Gasteiger partial charge in [-0.1, -0.05) is 0 Å². The number of anilines is 1. The third kappa shape index (κ3) is 5.40. The van der Waals surface area contributed by atoms with E-state index in [4.69, 9.17) is 14.2 Å². The van der Waals surface area contributed by atoms with E-state index in [0.717, 1.165) is 18.2 Å². The molecule has 1 amide bonds. The molecule has 0 atom stereocenters. The van der Waals surface area contributed by atoms with Crippen LogP contribution in [0.1, 0.15) is 17.3 Å². The lowest BCUT2D eigenvalue weighted by Crippen LogP contribution is -2.21. The number of benzene rings is 2. The molecule has 0 aliphatic rings. The van der Waals surface area contributed by atoms with Crippen LogP contribution in [0.3, 0.4) is 0 Å². The molecule has 6 nitrogen and oxygen atoms in total. The van der Waals surface area contributed by atoms with Crippen LogP contribution >= 0.6 is 15.9 Å². The van der Waals surface area contributed by atoms with Crippen molar-refractivity contribution in [2.75, 3.05) is 25.6 Å². The Bertz CT molecular complexity index is 860. The fourth-order valence-corrected chi connectivity index (χ4v) is 2.67. The summed E-state index contributed by atoms with van der Waals surface area (Å²) in [6.07, 6.45) is 0. The summed E-state index contributed by atoms with van der Waals surface area (Å²) in [6.45, 7) is 1.52. The number of nitrogens with one attached hydrogen (secondary N) is 1. The second-order valence-corrected chi connectivity index (χ2v) is 6.03. The van der Waals surface area contributed by atoms with Crippen LogP contribution in [0.15, 0.2) is 34.8 Å². The van der Waals surface area contributed by atoms with Gasteiger partial charge in [-0.25, -0.2) is 13.6 Å². The van der Waals surface area contributed by atoms with E-state index in [1.54, 1.807) is 6.92 Å². The molecule has 2 aromatic rings. The molecule has 0 unspecified atom stereocenters. The molecule has 0 heterocycles. The zero-order valence-corrected chi connectivity index (χ0v) is 16.1. The maximum Gasteiger partial charge on any atom is 0.338 e. The first kappa shape index (κ1) is 20.6. The van der Waals surface area contributed by atoms with Gasteiger partial charge in [0, 0.05) is 6.07 Å². The second kappa shape index (κ2) is 9.31. The van der Waals surface area contributed by atoms with Crippen molar-refractivity contribution in [3.05, 3.63) is 52.0 Å². The van der Waals surface area contributed by atoms with Crippen LogP contribution in [0.25, 0.3) is 0 Å². The predicted octanol–water partition coefficient (Wildman–Crippen LogP) is 3.93. The van der Waals surface area contributed by atoms with E-state index < -0.39 is 30.1 Å². The summed E-state index contributed by atoms with van der Waals surface area (Å²) in [4.78, 5) is 24.0. The van der Waals surface area contributed by atoms with Gasteiger partial charge >= 0.3 is 5.97 Å². The number of methoxy groups -OCH3 is 1. The molecule has 0 bridgehead atoms. The minimum atomic E-state index is -0.815. The van der Waals surface area contributed by atoms with Crippen molar-refractivity contribution in [1.82, 2.24) is 0 Å². The lowest BCUT2D eigenvalue weighted by Gasteiger charge is -2.13. The number of hydrogen-bond acceptors (Lipinski definition) is 5. The Kier molecular flexibility index (Phi) is 7.12. The summed E-state index contributed by atoms with van der Waals surface area (Å²) in [5, 5.41) is 2.13. The largest absolute Gasteiger partial charge is 0.493 e. The summed E-state index contributed by atoms with van der Waals surface area (Å²) in [6, 6.07) is 5.48. The van der Waals surface area contributed by atoms with Crippen molar-refractivity contribution in [2.24, 2.45) is 0 Å². The third-order valence-electron chi connectivity index (χ3n) is 3.29. The number of rotatable bonds is 7. The zero-order valence-electron chi connectivity index (χ0n) is 14.5. The van der Waals surface area contributed by atoms with Gasteiger partial charge in [-0.3, -0.25) is 4.79 Å². The first-order valence-electron chi connectivity index (χ1n) is 7.78. The summed E-state index contributed by atoms with van der Waals surface area (Å²) < 4.78 is 42.6. The fourth-order valence-electron chi connectivity index (χ4n) is 2.12. The second-order valence-electron chi connectivity index (χ2n) is 5.17. The molecule has 1 N–H and O–H groups in total. The van der Waals surface area contributed by atoms with E-state index in [1.807, 2.05) is 0 Å². The SMILES string of the molecule is CCOc1c(Br)cc(C(=O)OCC(=O)Nc2cc(F)ccc2F)cc1OC. The Balaban J connectivity index is 2.03. The van der Waals surface area contributed by atoms with E-state index in [9.17, 15) is 18.4 Å². The van der Waals surface area contributed by atoms with Crippen LogP contribution < -0.4 is 14.8 Å². The first-order chi connectivity index (χ1) is 12.8. The highest BCUT2D eigenvalue weighted by Crippen LogP contribution is 2.36. The molecule has 0 saturated carbocycles. The molecule has 27 heavy (non-hydrogen) atoms. The van der Waals surface area contributed by atoms with Crippen LogP contribution in [0, 0.1) is 11.6 Å². The van der Waals surface area contributed by atoms with E-state index in [0.29, 0.717) is 22.6 Å². The molecule has 2 rings (SSSR count). The fraction of sp³-hybridized carbons (Fsp3) is 0.222. The van der Waals surface area contributed by atoms with Crippen molar-refractivity contribution in [3.8, 4) is 11.5 Å². The number of halogens is 3. The molecular weight excluding hydrogens is 428 g/mol. The van der Waals surface area contributed by atoms with E-state index in [1.165, 1.54) is 19.2 Å². The standard InChI is InChI=1S/C18H16BrF2NO5/c1-3-26-17-12(19)6-10(7-15(17)25-2)18(24)27-9-16(23)22-14-8-11(20)4-5-13(14)21/h4-8H,3,9H2,1-2H3,(H,22,23). The van der Waals surface area contributed by atoms with Gasteiger partial charge < -0.3 is 19.5 Å². The highest BCUT2D eigenvalue weighted by atomic mass is 79.9. The van der Waals surface area contributed by atoms with Gasteiger partial charge in [0.1, 0.15) is 11.6 Å². The Labute approximate surface area is 162 Å². The number of hydrogen-bond donors (Lipinski definition) is 1. The summed E-state index contributed by atoms with van der Waals surface area (Å²) >= 11 is 3.28. The van der Waals surface area contributed by atoms with Gasteiger partial charge in [0.05, 0.1) is 29.4 Å². The summed E-state index contributed by atoms with van der Waals surface area (Å²) in [5.74, 6) is -2.40. The molecule has 0 aliphatic heterocycles. The lowest BCUT2D eigenvalue weighted by molar-refractivity contribution is -0.119. The van der Waals surface area contributed by atoms with E-state index >= 15 is 0 Å². The molecule has 0 saturated heterocycles. The average molecular weight is 444 g/mol. The van der Waals surface area contributed by atoms with Crippen molar-refractivity contribution < 1.29 is 32.6 Å². The third-order valence-corrected chi connectivity index (χ3v) is 3.88. The van der Waals surface area contributed by atoms with Gasteiger partial charge in [-0.05, 0) is 47.1 Å². The Morgan fingerprint density at radius 2 is 1.93 bits per heavy atom. The Morgan fingerprint density at radius 1 is 1.19 bits per heavy atom. The number of ether oxygens (including phenoxy) is 3. The maximum absolute atomic E-state index is 13.5. The first-order valence-corrected chi connectivity index (χ1v) is 8.57. The molecule has 0 radical (unpaired) electrons. The molecule has 9 heteroatoms.